The average Bonchev–Trinajstić information content (AvgIpc) is 3.11. The van der Waals surface area contributed by atoms with E-state index in [1.807, 2.05) is 18.2 Å². The Hall–Kier alpha value is -1.51. The zero-order chi connectivity index (χ0) is 16.6. The van der Waals surface area contributed by atoms with Crippen molar-refractivity contribution in [3.63, 3.8) is 0 Å². The van der Waals surface area contributed by atoms with Crippen LogP contribution < -0.4 is 4.74 Å². The maximum Gasteiger partial charge on any atom is 0.122 e. The lowest BCUT2D eigenvalue weighted by Crippen LogP contribution is -2.20. The van der Waals surface area contributed by atoms with Gasteiger partial charge in [0.1, 0.15) is 5.75 Å². The normalized spacial score (nSPS) is 14.9. The number of nitrogens with zero attached hydrogens (tertiary/aromatic N) is 1. The molecule has 3 heteroatoms. The molecule has 1 heterocycles. The molecule has 0 radical (unpaired) electrons. The van der Waals surface area contributed by atoms with Crippen LogP contribution in [0.2, 0.25) is 5.02 Å². The average molecular weight is 344 g/mol. The molecule has 0 N–H and O–H groups in total. The quantitative estimate of drug-likeness (QED) is 0.669. The van der Waals surface area contributed by atoms with Crippen molar-refractivity contribution >= 4 is 11.6 Å². The summed E-state index contributed by atoms with van der Waals surface area (Å²) < 4.78 is 6.05. The Bertz CT molecular complexity index is 623. The molecule has 0 spiro atoms. The van der Waals surface area contributed by atoms with Crippen molar-refractivity contribution in [2.24, 2.45) is 0 Å². The topological polar surface area (TPSA) is 12.5 Å². The van der Waals surface area contributed by atoms with Crippen molar-refractivity contribution in [3.05, 3.63) is 64.7 Å². The summed E-state index contributed by atoms with van der Waals surface area (Å²) >= 11 is 6.19. The van der Waals surface area contributed by atoms with Crippen LogP contribution in [0.25, 0.3) is 0 Å². The second-order valence-corrected chi connectivity index (χ2v) is 6.92. The van der Waals surface area contributed by atoms with E-state index in [-0.39, 0.29) is 0 Å². The molecule has 0 saturated carbocycles. The van der Waals surface area contributed by atoms with E-state index < -0.39 is 0 Å². The minimum absolute atomic E-state index is 0.699. The first-order chi connectivity index (χ1) is 11.8. The molecule has 2 aromatic carbocycles. The van der Waals surface area contributed by atoms with Crippen molar-refractivity contribution in [2.75, 3.05) is 26.2 Å². The fourth-order valence-corrected chi connectivity index (χ4v) is 3.50. The Kier molecular flexibility index (Phi) is 6.57. The van der Waals surface area contributed by atoms with Gasteiger partial charge in [-0.05, 0) is 74.6 Å². The van der Waals surface area contributed by atoms with Crippen molar-refractivity contribution in [3.8, 4) is 5.75 Å². The first-order valence-corrected chi connectivity index (χ1v) is 9.36. The number of rotatable bonds is 8. The van der Waals surface area contributed by atoms with Gasteiger partial charge in [0.2, 0.25) is 0 Å². The molecule has 24 heavy (non-hydrogen) atoms. The SMILES string of the molecule is Clc1ccc(OCCc2ccccc2)c(CCCN2CCCC2)c1. The van der Waals surface area contributed by atoms with Gasteiger partial charge in [0.25, 0.3) is 0 Å². The zero-order valence-corrected chi connectivity index (χ0v) is 15.0. The van der Waals surface area contributed by atoms with Gasteiger partial charge in [0.15, 0.2) is 0 Å². The molecule has 128 valence electrons. The molecule has 2 aromatic rings. The third kappa shape index (κ3) is 5.25. The summed E-state index contributed by atoms with van der Waals surface area (Å²) in [4.78, 5) is 2.56. The van der Waals surface area contributed by atoms with Gasteiger partial charge in [0.05, 0.1) is 6.61 Å². The van der Waals surface area contributed by atoms with Crippen LogP contribution in [0.1, 0.15) is 30.4 Å². The predicted molar refractivity (Wildman–Crippen MR) is 101 cm³/mol. The summed E-state index contributed by atoms with van der Waals surface area (Å²) in [6, 6.07) is 16.5. The first kappa shape index (κ1) is 17.3. The third-order valence-electron chi connectivity index (χ3n) is 4.63. The van der Waals surface area contributed by atoms with Crippen LogP contribution in [-0.4, -0.2) is 31.1 Å². The van der Waals surface area contributed by atoms with E-state index in [0.29, 0.717) is 6.61 Å². The van der Waals surface area contributed by atoms with Crippen molar-refractivity contribution in [1.29, 1.82) is 0 Å². The van der Waals surface area contributed by atoms with Gasteiger partial charge in [-0.1, -0.05) is 41.9 Å². The molecule has 0 bridgehead atoms. The minimum Gasteiger partial charge on any atom is -0.493 e. The summed E-state index contributed by atoms with van der Waals surface area (Å²) in [5, 5.41) is 0.793. The molecule has 0 aliphatic carbocycles. The summed E-state index contributed by atoms with van der Waals surface area (Å²) in [7, 11) is 0. The predicted octanol–water partition coefficient (Wildman–Crippen LogP) is 4.99. The molecule has 0 aromatic heterocycles. The Morgan fingerprint density at radius 1 is 0.958 bits per heavy atom. The first-order valence-electron chi connectivity index (χ1n) is 8.99. The third-order valence-corrected chi connectivity index (χ3v) is 4.87. The minimum atomic E-state index is 0.699. The lowest BCUT2D eigenvalue weighted by atomic mass is 10.1. The molecular formula is C21H26ClNO. The number of ether oxygens (including phenoxy) is 1. The van der Waals surface area contributed by atoms with Crippen LogP contribution in [0.3, 0.4) is 0 Å². The maximum atomic E-state index is 6.19. The fraction of sp³-hybridized carbons (Fsp3) is 0.429. The standard InChI is InChI=1S/C21H26ClNO/c22-20-10-11-21(24-16-12-18-7-2-1-3-8-18)19(17-20)9-6-15-23-13-4-5-14-23/h1-3,7-8,10-11,17H,4-6,9,12-16H2. The van der Waals surface area contributed by atoms with E-state index >= 15 is 0 Å². The lowest BCUT2D eigenvalue weighted by molar-refractivity contribution is 0.314. The molecule has 0 unspecified atom stereocenters. The van der Waals surface area contributed by atoms with Crippen LogP contribution in [-0.2, 0) is 12.8 Å². The number of halogens is 1. The molecule has 1 aliphatic rings. The Morgan fingerprint density at radius 2 is 1.75 bits per heavy atom. The molecule has 1 saturated heterocycles. The van der Waals surface area contributed by atoms with E-state index in [9.17, 15) is 0 Å². The maximum absolute atomic E-state index is 6.19. The lowest BCUT2D eigenvalue weighted by Gasteiger charge is -2.16. The highest BCUT2D eigenvalue weighted by Gasteiger charge is 2.11. The number of likely N-dealkylation sites (tertiary alicyclic amines) is 1. The highest BCUT2D eigenvalue weighted by atomic mass is 35.5. The largest absolute Gasteiger partial charge is 0.493 e. The Morgan fingerprint density at radius 3 is 2.54 bits per heavy atom. The highest BCUT2D eigenvalue weighted by Crippen LogP contribution is 2.25. The van der Waals surface area contributed by atoms with Gasteiger partial charge >= 0.3 is 0 Å². The second kappa shape index (κ2) is 9.10. The molecule has 0 amide bonds. The monoisotopic (exact) mass is 343 g/mol. The van der Waals surface area contributed by atoms with Crippen LogP contribution in [0.4, 0.5) is 0 Å². The van der Waals surface area contributed by atoms with Crippen LogP contribution in [0.5, 0.6) is 5.75 Å². The highest BCUT2D eigenvalue weighted by molar-refractivity contribution is 6.30. The molecule has 1 aliphatic heterocycles. The smallest absolute Gasteiger partial charge is 0.122 e. The van der Waals surface area contributed by atoms with Gasteiger partial charge in [-0.3, -0.25) is 0 Å². The molecule has 0 atom stereocenters. The van der Waals surface area contributed by atoms with E-state index in [1.54, 1.807) is 0 Å². The van der Waals surface area contributed by atoms with E-state index in [1.165, 1.54) is 43.6 Å². The molecule has 2 nitrogen and oxygen atoms in total. The van der Waals surface area contributed by atoms with Crippen molar-refractivity contribution in [1.82, 2.24) is 4.90 Å². The number of hydrogen-bond acceptors (Lipinski definition) is 2. The van der Waals surface area contributed by atoms with Gasteiger partial charge in [0, 0.05) is 11.4 Å². The zero-order valence-electron chi connectivity index (χ0n) is 14.2. The molecular weight excluding hydrogens is 318 g/mol. The number of aryl methyl sites for hydroxylation is 1. The summed E-state index contributed by atoms with van der Waals surface area (Å²) in [5.74, 6) is 0.983. The van der Waals surface area contributed by atoms with Gasteiger partial charge in [-0.25, -0.2) is 0 Å². The molecule has 3 rings (SSSR count). The van der Waals surface area contributed by atoms with E-state index in [2.05, 4.69) is 35.2 Å². The van der Waals surface area contributed by atoms with Crippen LogP contribution >= 0.6 is 11.6 Å². The van der Waals surface area contributed by atoms with Crippen molar-refractivity contribution in [2.45, 2.75) is 32.1 Å². The Balaban J connectivity index is 1.52. The fourth-order valence-electron chi connectivity index (χ4n) is 3.31. The number of benzene rings is 2. The van der Waals surface area contributed by atoms with Crippen molar-refractivity contribution < 1.29 is 4.74 Å². The summed E-state index contributed by atoms with van der Waals surface area (Å²) in [6.45, 7) is 4.40. The van der Waals surface area contributed by atoms with E-state index in [4.69, 9.17) is 16.3 Å². The van der Waals surface area contributed by atoms with E-state index in [0.717, 1.165) is 30.0 Å². The van der Waals surface area contributed by atoms with Gasteiger partial charge in [-0.2, -0.15) is 0 Å². The van der Waals surface area contributed by atoms with Gasteiger partial charge in [-0.15, -0.1) is 0 Å². The Labute approximate surface area is 150 Å². The van der Waals surface area contributed by atoms with Crippen LogP contribution in [0, 0.1) is 0 Å². The summed E-state index contributed by atoms with van der Waals surface area (Å²) in [6.07, 6.45) is 5.82. The van der Waals surface area contributed by atoms with Gasteiger partial charge < -0.3 is 9.64 Å². The van der Waals surface area contributed by atoms with Crippen LogP contribution in [0.15, 0.2) is 48.5 Å². The summed E-state index contributed by atoms with van der Waals surface area (Å²) in [5.41, 5.74) is 2.54. The number of hydrogen-bond donors (Lipinski definition) is 0. The molecule has 1 fully saturated rings. The second-order valence-electron chi connectivity index (χ2n) is 6.49.